The molecule has 0 bridgehead atoms. The molecule has 1 fully saturated rings. The van der Waals surface area contributed by atoms with Gasteiger partial charge in [0.15, 0.2) is 0 Å². The number of aromatic nitrogens is 3. The molecule has 2 aromatic rings. The van der Waals surface area contributed by atoms with E-state index < -0.39 is 11.2 Å². The first-order chi connectivity index (χ1) is 11.4. The Balaban J connectivity index is 1.97. The Labute approximate surface area is 139 Å². The van der Waals surface area contributed by atoms with Crippen molar-refractivity contribution >= 4 is 16.9 Å². The van der Waals surface area contributed by atoms with Crippen LogP contribution in [-0.2, 0) is 14.1 Å². The highest BCUT2D eigenvalue weighted by atomic mass is 16.2. The van der Waals surface area contributed by atoms with Gasteiger partial charge in [0.25, 0.3) is 11.5 Å². The summed E-state index contributed by atoms with van der Waals surface area (Å²) in [6.07, 6.45) is 5.83. The fraction of sp³-hybridized carbons (Fsp3) is 0.529. The summed E-state index contributed by atoms with van der Waals surface area (Å²) in [6.45, 7) is 2.15. The number of aryl methyl sites for hydroxylation is 1. The third-order valence-electron chi connectivity index (χ3n) is 4.98. The van der Waals surface area contributed by atoms with Crippen molar-refractivity contribution in [3.63, 3.8) is 0 Å². The van der Waals surface area contributed by atoms with Gasteiger partial charge in [-0.3, -0.25) is 18.7 Å². The van der Waals surface area contributed by atoms with Crippen molar-refractivity contribution in [2.24, 2.45) is 20.0 Å². The number of carbonyl (C=O) groups is 1. The fourth-order valence-corrected chi connectivity index (χ4v) is 3.37. The van der Waals surface area contributed by atoms with E-state index in [0.717, 1.165) is 23.8 Å². The highest BCUT2D eigenvalue weighted by molar-refractivity contribution is 5.96. The largest absolute Gasteiger partial charge is 0.349 e. The molecule has 24 heavy (non-hydrogen) atoms. The summed E-state index contributed by atoms with van der Waals surface area (Å²) in [5.41, 5.74) is -0.253. The SMILES string of the molecule is C[C@H]1CCCC[C@H]1NC(=O)c1cnc2c(c1)c(=O)n(C)c(=O)n2C. The molecule has 1 aliphatic carbocycles. The molecule has 1 N–H and O–H groups in total. The van der Waals surface area contributed by atoms with Crippen molar-refractivity contribution in [3.8, 4) is 0 Å². The maximum Gasteiger partial charge on any atom is 0.332 e. The van der Waals surface area contributed by atoms with E-state index in [2.05, 4.69) is 17.2 Å². The first-order valence-corrected chi connectivity index (χ1v) is 8.26. The number of carbonyl (C=O) groups excluding carboxylic acids is 1. The monoisotopic (exact) mass is 330 g/mol. The van der Waals surface area contributed by atoms with Crippen LogP contribution in [0.15, 0.2) is 21.9 Å². The van der Waals surface area contributed by atoms with Crippen LogP contribution in [0.3, 0.4) is 0 Å². The Morgan fingerprint density at radius 1 is 1.21 bits per heavy atom. The summed E-state index contributed by atoms with van der Waals surface area (Å²) >= 11 is 0. The van der Waals surface area contributed by atoms with Gasteiger partial charge in [-0.25, -0.2) is 9.78 Å². The van der Waals surface area contributed by atoms with Crippen LogP contribution in [0.4, 0.5) is 0 Å². The molecule has 0 unspecified atom stereocenters. The Morgan fingerprint density at radius 2 is 1.92 bits per heavy atom. The van der Waals surface area contributed by atoms with E-state index in [1.54, 1.807) is 7.05 Å². The predicted molar refractivity (Wildman–Crippen MR) is 91.1 cm³/mol. The van der Waals surface area contributed by atoms with Crippen LogP contribution in [0.25, 0.3) is 11.0 Å². The molecule has 0 spiro atoms. The predicted octanol–water partition coefficient (Wildman–Crippen LogP) is 0.941. The van der Waals surface area contributed by atoms with Crippen LogP contribution >= 0.6 is 0 Å². The van der Waals surface area contributed by atoms with E-state index in [1.807, 2.05) is 0 Å². The molecule has 2 heterocycles. The number of hydrogen-bond acceptors (Lipinski definition) is 4. The van der Waals surface area contributed by atoms with E-state index in [9.17, 15) is 14.4 Å². The number of nitrogens with zero attached hydrogens (tertiary/aromatic N) is 3. The third-order valence-corrected chi connectivity index (χ3v) is 4.98. The van der Waals surface area contributed by atoms with Gasteiger partial charge in [-0.1, -0.05) is 19.8 Å². The molecule has 7 heteroatoms. The highest BCUT2D eigenvalue weighted by Gasteiger charge is 2.23. The summed E-state index contributed by atoms with van der Waals surface area (Å²) in [4.78, 5) is 40.9. The van der Waals surface area contributed by atoms with Crippen LogP contribution in [0.5, 0.6) is 0 Å². The molecule has 1 amide bonds. The lowest BCUT2D eigenvalue weighted by atomic mass is 9.86. The number of amides is 1. The normalized spacial score (nSPS) is 21.0. The van der Waals surface area contributed by atoms with Crippen molar-refractivity contribution in [3.05, 3.63) is 38.7 Å². The van der Waals surface area contributed by atoms with Crippen LogP contribution in [0, 0.1) is 5.92 Å². The van der Waals surface area contributed by atoms with E-state index in [-0.39, 0.29) is 23.0 Å². The maximum absolute atomic E-state index is 12.5. The molecule has 0 aliphatic heterocycles. The highest BCUT2D eigenvalue weighted by Crippen LogP contribution is 2.24. The van der Waals surface area contributed by atoms with E-state index in [1.165, 1.54) is 30.3 Å². The standard InChI is InChI=1S/C17H22N4O3/c1-10-6-4-5-7-13(10)19-15(22)11-8-12-14(18-9-11)20(2)17(24)21(3)16(12)23/h8-10,13H,4-7H2,1-3H3,(H,19,22)/t10-,13+/m0/s1. The average molecular weight is 330 g/mol. The number of rotatable bonds is 2. The van der Waals surface area contributed by atoms with Gasteiger partial charge in [-0.05, 0) is 24.8 Å². The number of fused-ring (bicyclic) bond motifs is 1. The lowest BCUT2D eigenvalue weighted by molar-refractivity contribution is 0.0910. The molecule has 3 rings (SSSR count). The number of nitrogens with one attached hydrogen (secondary N) is 1. The summed E-state index contributed by atoms with van der Waals surface area (Å²) in [5, 5.41) is 3.32. The van der Waals surface area contributed by atoms with Crippen LogP contribution in [0.1, 0.15) is 43.0 Å². The quantitative estimate of drug-likeness (QED) is 0.888. The molecule has 0 aromatic carbocycles. The molecule has 0 radical (unpaired) electrons. The fourth-order valence-electron chi connectivity index (χ4n) is 3.37. The summed E-state index contributed by atoms with van der Waals surface area (Å²) in [5.74, 6) is 0.226. The average Bonchev–Trinajstić information content (AvgIpc) is 2.59. The van der Waals surface area contributed by atoms with Crippen LogP contribution in [-0.4, -0.2) is 26.1 Å². The molecular formula is C17H22N4O3. The minimum Gasteiger partial charge on any atom is -0.349 e. The van der Waals surface area contributed by atoms with Crippen LogP contribution < -0.4 is 16.6 Å². The molecule has 1 saturated carbocycles. The lowest BCUT2D eigenvalue weighted by Crippen LogP contribution is -2.41. The first-order valence-electron chi connectivity index (χ1n) is 8.26. The molecule has 2 atom stereocenters. The van der Waals surface area contributed by atoms with Gasteiger partial charge in [-0.15, -0.1) is 0 Å². The molecular weight excluding hydrogens is 308 g/mol. The molecule has 1 aliphatic rings. The Kier molecular flexibility index (Phi) is 4.26. The topological polar surface area (TPSA) is 86.0 Å². The van der Waals surface area contributed by atoms with Crippen molar-refractivity contribution in [2.45, 2.75) is 38.6 Å². The van der Waals surface area contributed by atoms with Gasteiger partial charge in [0.1, 0.15) is 5.65 Å². The summed E-state index contributed by atoms with van der Waals surface area (Å²) in [6, 6.07) is 1.68. The minimum absolute atomic E-state index is 0.157. The second kappa shape index (κ2) is 6.22. The van der Waals surface area contributed by atoms with Gasteiger partial charge in [-0.2, -0.15) is 0 Å². The van der Waals surface area contributed by atoms with Crippen LogP contribution in [0.2, 0.25) is 0 Å². The van der Waals surface area contributed by atoms with Crippen molar-refractivity contribution in [2.75, 3.05) is 0 Å². The second-order valence-corrected chi connectivity index (χ2v) is 6.64. The zero-order chi connectivity index (χ0) is 17.4. The van der Waals surface area contributed by atoms with Gasteiger partial charge in [0.05, 0.1) is 10.9 Å². The maximum atomic E-state index is 12.5. The van der Waals surface area contributed by atoms with Gasteiger partial charge >= 0.3 is 5.69 Å². The van der Waals surface area contributed by atoms with Gasteiger partial charge < -0.3 is 5.32 Å². The van der Waals surface area contributed by atoms with Crippen molar-refractivity contribution in [1.29, 1.82) is 0 Å². The van der Waals surface area contributed by atoms with Crippen molar-refractivity contribution in [1.82, 2.24) is 19.4 Å². The van der Waals surface area contributed by atoms with E-state index in [0.29, 0.717) is 11.5 Å². The zero-order valence-electron chi connectivity index (χ0n) is 14.2. The smallest absolute Gasteiger partial charge is 0.332 e. The Morgan fingerprint density at radius 3 is 2.62 bits per heavy atom. The Bertz CT molecular complexity index is 912. The Hall–Kier alpha value is -2.44. The van der Waals surface area contributed by atoms with E-state index in [4.69, 9.17) is 0 Å². The first kappa shape index (κ1) is 16.4. The lowest BCUT2D eigenvalue weighted by Gasteiger charge is -2.29. The molecule has 128 valence electrons. The number of pyridine rings is 1. The summed E-state index contributed by atoms with van der Waals surface area (Å²) in [7, 11) is 2.97. The molecule has 7 nitrogen and oxygen atoms in total. The van der Waals surface area contributed by atoms with Gasteiger partial charge in [0.2, 0.25) is 0 Å². The minimum atomic E-state index is -0.443. The third kappa shape index (κ3) is 2.74. The van der Waals surface area contributed by atoms with E-state index >= 15 is 0 Å². The summed E-state index contributed by atoms with van der Waals surface area (Å²) < 4.78 is 2.33. The zero-order valence-corrected chi connectivity index (χ0v) is 14.2. The number of hydrogen-bond donors (Lipinski definition) is 1. The second-order valence-electron chi connectivity index (χ2n) is 6.64. The molecule has 0 saturated heterocycles. The van der Waals surface area contributed by atoms with Gasteiger partial charge in [0, 0.05) is 26.3 Å². The molecule has 2 aromatic heterocycles. The van der Waals surface area contributed by atoms with Crippen molar-refractivity contribution < 1.29 is 4.79 Å².